The molecule has 4 rings (SSSR count). The van der Waals surface area contributed by atoms with Gasteiger partial charge < -0.3 is 10.1 Å². The summed E-state index contributed by atoms with van der Waals surface area (Å²) in [5.41, 5.74) is 1.09. The van der Waals surface area contributed by atoms with Crippen molar-refractivity contribution >= 4 is 27.4 Å². The highest BCUT2D eigenvalue weighted by atomic mass is 32.2. The fourth-order valence-corrected chi connectivity index (χ4v) is 4.98. The van der Waals surface area contributed by atoms with Crippen LogP contribution >= 0.6 is 0 Å². The second kappa shape index (κ2) is 12.9. The molecule has 4 aromatic carbocycles. The first-order valence-corrected chi connectivity index (χ1v) is 14.1. The van der Waals surface area contributed by atoms with E-state index in [1.165, 1.54) is 4.90 Å². The van der Waals surface area contributed by atoms with Crippen LogP contribution in [0.25, 0.3) is 0 Å². The summed E-state index contributed by atoms with van der Waals surface area (Å²) >= 11 is 0. The van der Waals surface area contributed by atoms with Crippen LogP contribution in [0.5, 0.6) is 11.5 Å². The third-order valence-corrected chi connectivity index (χ3v) is 7.46. The Bertz CT molecular complexity index is 1560. The van der Waals surface area contributed by atoms with Gasteiger partial charge in [0, 0.05) is 24.5 Å². The Morgan fingerprint density at radius 3 is 2.17 bits per heavy atom. The number of urea groups is 1. The van der Waals surface area contributed by atoms with E-state index in [1.807, 2.05) is 49.4 Å². The van der Waals surface area contributed by atoms with E-state index in [1.54, 1.807) is 36.4 Å². The maximum atomic E-state index is 13.3. The minimum Gasteiger partial charge on any atom is -0.457 e. The zero-order chi connectivity index (χ0) is 29.5. The maximum Gasteiger partial charge on any atom is 0.416 e. The molecule has 2 N–H and O–H groups in total. The van der Waals surface area contributed by atoms with Gasteiger partial charge in [0.25, 0.3) is 0 Å². The van der Waals surface area contributed by atoms with Crippen molar-refractivity contribution < 1.29 is 31.1 Å². The molecule has 4 aromatic rings. The summed E-state index contributed by atoms with van der Waals surface area (Å²) in [7, 11) is -4.20. The third-order valence-electron chi connectivity index (χ3n) is 6.00. The van der Waals surface area contributed by atoms with Crippen molar-refractivity contribution in [1.82, 2.24) is 4.72 Å². The van der Waals surface area contributed by atoms with Crippen molar-refractivity contribution in [2.24, 2.45) is 0 Å². The van der Waals surface area contributed by atoms with E-state index in [-0.39, 0.29) is 19.5 Å². The number of alkyl halides is 3. The van der Waals surface area contributed by atoms with E-state index >= 15 is 0 Å². The number of sulfonamides is 1. The van der Waals surface area contributed by atoms with Gasteiger partial charge in [0.2, 0.25) is 10.0 Å². The average molecular weight is 584 g/mol. The number of anilines is 2. The Morgan fingerprint density at radius 1 is 0.854 bits per heavy atom. The Labute approximate surface area is 236 Å². The standard InChI is InChI=1S/C30H28F3N3O4S/c1-22-11-13-24(14-12-22)35-29(37)36(25-15-17-27(18-16-25)40-26-8-3-2-4-9-26)20-6-19-34-41(38,39)28-10-5-7-23(21-28)30(31,32)33/h2-5,7-18,21,34H,6,19-20H2,1H3,(H,35,37). The first-order chi connectivity index (χ1) is 19.5. The molecule has 0 bridgehead atoms. The number of carbonyl (C=O) groups excluding carboxylic acids is 1. The number of aryl methyl sites for hydroxylation is 1. The lowest BCUT2D eigenvalue weighted by atomic mass is 10.2. The van der Waals surface area contributed by atoms with Gasteiger partial charge in [-0.25, -0.2) is 17.9 Å². The first kappa shape index (κ1) is 29.6. The second-order valence-electron chi connectivity index (χ2n) is 9.13. The number of benzene rings is 4. The van der Waals surface area contributed by atoms with Crippen LogP contribution in [0.15, 0.2) is 108 Å². The first-order valence-electron chi connectivity index (χ1n) is 12.7. The molecule has 0 fully saturated rings. The minimum atomic E-state index is -4.67. The maximum absolute atomic E-state index is 13.3. The number of nitrogens with one attached hydrogen (secondary N) is 2. The molecule has 0 saturated heterocycles. The highest BCUT2D eigenvalue weighted by Crippen LogP contribution is 2.30. The van der Waals surface area contributed by atoms with Crippen LogP contribution in [0.2, 0.25) is 0 Å². The smallest absolute Gasteiger partial charge is 0.416 e. The van der Waals surface area contributed by atoms with E-state index < -0.39 is 32.7 Å². The number of rotatable bonds is 10. The second-order valence-corrected chi connectivity index (χ2v) is 10.9. The van der Waals surface area contributed by atoms with Gasteiger partial charge in [-0.1, -0.05) is 42.0 Å². The number of nitrogens with zero attached hydrogens (tertiary/aromatic N) is 1. The molecular formula is C30H28F3N3O4S. The molecule has 0 aliphatic heterocycles. The average Bonchev–Trinajstić information content (AvgIpc) is 2.95. The van der Waals surface area contributed by atoms with Crippen molar-refractivity contribution in [3.05, 3.63) is 114 Å². The lowest BCUT2D eigenvalue weighted by molar-refractivity contribution is -0.137. The van der Waals surface area contributed by atoms with Crippen molar-refractivity contribution in [1.29, 1.82) is 0 Å². The lowest BCUT2D eigenvalue weighted by Gasteiger charge is -2.24. The zero-order valence-corrected chi connectivity index (χ0v) is 22.9. The summed E-state index contributed by atoms with van der Waals surface area (Å²) in [4.78, 5) is 14.2. The summed E-state index contributed by atoms with van der Waals surface area (Å²) in [5, 5.41) is 2.84. The summed E-state index contributed by atoms with van der Waals surface area (Å²) in [6.45, 7) is 1.93. The topological polar surface area (TPSA) is 87.7 Å². The molecule has 0 aromatic heterocycles. The molecule has 0 saturated carbocycles. The van der Waals surface area contributed by atoms with Gasteiger partial charge in [0.05, 0.1) is 10.5 Å². The fourth-order valence-electron chi connectivity index (χ4n) is 3.86. The predicted molar refractivity (Wildman–Crippen MR) is 152 cm³/mol. The van der Waals surface area contributed by atoms with Gasteiger partial charge in [-0.05, 0) is 80.1 Å². The number of halogens is 3. The molecule has 0 atom stereocenters. The molecule has 41 heavy (non-hydrogen) atoms. The van der Waals surface area contributed by atoms with Gasteiger partial charge in [0.15, 0.2) is 0 Å². The largest absolute Gasteiger partial charge is 0.457 e. The normalized spacial score (nSPS) is 11.6. The molecule has 7 nitrogen and oxygen atoms in total. The van der Waals surface area contributed by atoms with E-state index in [0.717, 1.165) is 23.8 Å². The highest BCUT2D eigenvalue weighted by molar-refractivity contribution is 7.89. The molecule has 214 valence electrons. The predicted octanol–water partition coefficient (Wildman–Crippen LogP) is 7.21. The molecular weight excluding hydrogens is 555 g/mol. The molecule has 0 aliphatic carbocycles. The van der Waals surface area contributed by atoms with E-state index in [2.05, 4.69) is 10.0 Å². The SMILES string of the molecule is Cc1ccc(NC(=O)N(CCCNS(=O)(=O)c2cccc(C(F)(F)F)c2)c2ccc(Oc3ccccc3)cc2)cc1. The van der Waals surface area contributed by atoms with Crippen LogP contribution in [0, 0.1) is 6.92 Å². The van der Waals surface area contributed by atoms with Crippen molar-refractivity contribution in [3.63, 3.8) is 0 Å². The van der Waals surface area contributed by atoms with Crippen molar-refractivity contribution in [3.8, 4) is 11.5 Å². The van der Waals surface area contributed by atoms with E-state index in [4.69, 9.17) is 4.74 Å². The summed E-state index contributed by atoms with van der Waals surface area (Å²) in [5.74, 6) is 1.22. The van der Waals surface area contributed by atoms with Crippen LogP contribution in [-0.2, 0) is 16.2 Å². The Balaban J connectivity index is 1.45. The number of carbonyl (C=O) groups is 1. The van der Waals surface area contributed by atoms with Crippen LogP contribution in [0.3, 0.4) is 0 Å². The highest BCUT2D eigenvalue weighted by Gasteiger charge is 2.31. The number of ether oxygens (including phenoxy) is 1. The van der Waals surface area contributed by atoms with E-state index in [9.17, 15) is 26.4 Å². The molecule has 0 radical (unpaired) electrons. The summed E-state index contributed by atoms with van der Waals surface area (Å²) in [6.07, 6.45) is -4.49. The molecule has 0 heterocycles. The molecule has 0 aliphatic rings. The van der Waals surface area contributed by atoms with Gasteiger partial charge in [-0.2, -0.15) is 13.2 Å². The Hall–Kier alpha value is -4.35. The molecule has 11 heteroatoms. The summed E-state index contributed by atoms with van der Waals surface area (Å²) in [6, 6.07) is 26.4. The van der Waals surface area contributed by atoms with Gasteiger partial charge in [-0.15, -0.1) is 0 Å². The van der Waals surface area contributed by atoms with Gasteiger partial charge >= 0.3 is 12.2 Å². The van der Waals surface area contributed by atoms with Gasteiger partial charge in [0.1, 0.15) is 11.5 Å². The monoisotopic (exact) mass is 583 g/mol. The minimum absolute atomic E-state index is 0.109. The number of amides is 2. The number of hydrogen-bond donors (Lipinski definition) is 2. The van der Waals surface area contributed by atoms with Gasteiger partial charge in [-0.3, -0.25) is 4.90 Å². The number of para-hydroxylation sites is 1. The van der Waals surface area contributed by atoms with Crippen LogP contribution in [0.1, 0.15) is 17.5 Å². The lowest BCUT2D eigenvalue weighted by Crippen LogP contribution is -2.37. The molecule has 0 spiro atoms. The van der Waals surface area contributed by atoms with Crippen molar-refractivity contribution in [2.45, 2.75) is 24.4 Å². The quantitative estimate of drug-likeness (QED) is 0.193. The zero-order valence-electron chi connectivity index (χ0n) is 22.1. The third kappa shape index (κ3) is 8.32. The number of hydrogen-bond acceptors (Lipinski definition) is 4. The van der Waals surface area contributed by atoms with E-state index in [0.29, 0.717) is 28.9 Å². The summed E-state index contributed by atoms with van der Waals surface area (Å²) < 4.78 is 72.5. The Kier molecular flexibility index (Phi) is 9.31. The van der Waals surface area contributed by atoms with Crippen LogP contribution in [0.4, 0.5) is 29.3 Å². The Morgan fingerprint density at radius 2 is 1.51 bits per heavy atom. The molecule has 0 unspecified atom stereocenters. The van der Waals surface area contributed by atoms with Crippen molar-refractivity contribution in [2.75, 3.05) is 23.3 Å². The fraction of sp³-hybridized carbons (Fsp3) is 0.167. The van der Waals surface area contributed by atoms with Crippen LogP contribution < -0.4 is 19.7 Å². The molecule has 2 amide bonds. The van der Waals surface area contributed by atoms with Crippen LogP contribution in [-0.4, -0.2) is 27.5 Å².